The van der Waals surface area contributed by atoms with Crippen LogP contribution >= 0.6 is 22.6 Å². The number of hydrogen-bond acceptors (Lipinski definition) is 3. The molecule has 2 rings (SSSR count). The van der Waals surface area contributed by atoms with Crippen molar-refractivity contribution in [2.45, 2.75) is 12.8 Å². The smallest absolute Gasteiger partial charge is 0.227 e. The van der Waals surface area contributed by atoms with Crippen molar-refractivity contribution in [2.75, 3.05) is 11.4 Å². The van der Waals surface area contributed by atoms with Crippen LogP contribution in [0.3, 0.4) is 0 Å². The molecule has 0 radical (unpaired) electrons. The minimum Gasteiger partial charge on any atom is -0.311 e. The Bertz CT molecular complexity index is 405. The lowest BCUT2D eigenvalue weighted by atomic mass is 9.97. The second-order valence-electron chi connectivity index (χ2n) is 3.77. The molecule has 1 amide bonds. The summed E-state index contributed by atoms with van der Waals surface area (Å²) in [6, 6.07) is 3.75. The average Bonchev–Trinajstić information content (AvgIpc) is 2.30. The van der Waals surface area contributed by atoms with Gasteiger partial charge in [0.15, 0.2) is 0 Å². The Morgan fingerprint density at radius 2 is 2.31 bits per heavy atom. The van der Waals surface area contributed by atoms with Crippen molar-refractivity contribution in [1.29, 1.82) is 0 Å². The van der Waals surface area contributed by atoms with Crippen molar-refractivity contribution in [3.63, 3.8) is 0 Å². The summed E-state index contributed by atoms with van der Waals surface area (Å²) >= 11 is 2.12. The Kier molecular flexibility index (Phi) is 3.52. The molecule has 0 bridgehead atoms. The molecule has 0 unspecified atom stereocenters. The van der Waals surface area contributed by atoms with E-state index in [4.69, 9.17) is 0 Å². The molecule has 1 aromatic rings. The topological polar surface area (TPSA) is 50.3 Å². The summed E-state index contributed by atoms with van der Waals surface area (Å²) in [7, 11) is 0. The lowest BCUT2D eigenvalue weighted by molar-refractivity contribution is -0.124. The number of carbonyl (C=O) groups excluding carboxylic acids is 2. The largest absolute Gasteiger partial charge is 0.311 e. The minimum absolute atomic E-state index is 0.00589. The zero-order valence-electron chi connectivity index (χ0n) is 8.60. The van der Waals surface area contributed by atoms with Gasteiger partial charge in [0.25, 0.3) is 0 Å². The summed E-state index contributed by atoms with van der Waals surface area (Å²) < 4.78 is 0.900. The zero-order chi connectivity index (χ0) is 11.5. The van der Waals surface area contributed by atoms with Gasteiger partial charge in [-0.2, -0.15) is 0 Å². The molecular formula is C11H11IN2O2. The van der Waals surface area contributed by atoms with Gasteiger partial charge in [-0.3, -0.25) is 4.79 Å². The highest BCUT2D eigenvalue weighted by Gasteiger charge is 2.26. The average molecular weight is 330 g/mol. The first-order valence-corrected chi connectivity index (χ1v) is 6.16. The van der Waals surface area contributed by atoms with E-state index in [9.17, 15) is 9.59 Å². The van der Waals surface area contributed by atoms with Gasteiger partial charge in [0.05, 0.1) is 11.9 Å². The number of aromatic nitrogens is 1. The maximum absolute atomic E-state index is 11.8. The Labute approximate surface area is 107 Å². The van der Waals surface area contributed by atoms with E-state index in [-0.39, 0.29) is 11.8 Å². The Morgan fingerprint density at radius 3 is 2.88 bits per heavy atom. The first-order chi connectivity index (χ1) is 7.70. The lowest BCUT2D eigenvalue weighted by Gasteiger charge is -2.29. The van der Waals surface area contributed by atoms with Crippen LogP contribution in [-0.2, 0) is 9.59 Å². The monoisotopic (exact) mass is 330 g/mol. The number of rotatable bonds is 2. The molecule has 4 nitrogen and oxygen atoms in total. The molecular weight excluding hydrogens is 319 g/mol. The van der Waals surface area contributed by atoms with Gasteiger partial charge < -0.3 is 9.69 Å². The predicted octanol–water partition coefficient (Wildman–Crippen LogP) is 1.63. The highest BCUT2D eigenvalue weighted by molar-refractivity contribution is 14.1. The van der Waals surface area contributed by atoms with E-state index in [1.807, 2.05) is 12.1 Å². The third-order valence-corrected chi connectivity index (χ3v) is 3.32. The first-order valence-electron chi connectivity index (χ1n) is 5.08. The first kappa shape index (κ1) is 11.5. The number of halogens is 1. The van der Waals surface area contributed by atoms with Crippen molar-refractivity contribution in [3.8, 4) is 0 Å². The van der Waals surface area contributed by atoms with Crippen LogP contribution in [0.2, 0.25) is 0 Å². The molecule has 0 spiro atoms. The van der Waals surface area contributed by atoms with E-state index in [1.165, 1.54) is 0 Å². The van der Waals surface area contributed by atoms with Crippen molar-refractivity contribution in [1.82, 2.24) is 4.98 Å². The SMILES string of the molecule is O=C[C@H]1CCN(c2ccc(I)nc2)C(=O)C1. The molecule has 2 heterocycles. The molecule has 5 heteroatoms. The van der Waals surface area contributed by atoms with Gasteiger partial charge in [0.2, 0.25) is 5.91 Å². The van der Waals surface area contributed by atoms with Gasteiger partial charge in [-0.15, -0.1) is 0 Å². The van der Waals surface area contributed by atoms with Crippen LogP contribution in [0.5, 0.6) is 0 Å². The van der Waals surface area contributed by atoms with Crippen LogP contribution in [0.15, 0.2) is 18.3 Å². The van der Waals surface area contributed by atoms with Crippen LogP contribution < -0.4 is 4.90 Å². The normalized spacial score (nSPS) is 20.9. The fraction of sp³-hybridized carbons (Fsp3) is 0.364. The summed E-state index contributed by atoms with van der Waals surface area (Å²) in [5, 5.41) is 0. The number of anilines is 1. The minimum atomic E-state index is -0.111. The molecule has 0 N–H and O–H groups in total. The van der Waals surface area contributed by atoms with Gasteiger partial charge in [0.1, 0.15) is 9.99 Å². The molecule has 1 saturated heterocycles. The molecule has 1 atom stereocenters. The van der Waals surface area contributed by atoms with Gasteiger partial charge >= 0.3 is 0 Å². The molecule has 1 aromatic heterocycles. The number of aldehydes is 1. The van der Waals surface area contributed by atoms with E-state index in [0.29, 0.717) is 13.0 Å². The van der Waals surface area contributed by atoms with Gasteiger partial charge in [-0.1, -0.05) is 0 Å². The number of hydrogen-bond donors (Lipinski definition) is 0. The van der Waals surface area contributed by atoms with Crippen LogP contribution in [0.4, 0.5) is 5.69 Å². The van der Waals surface area contributed by atoms with Crippen LogP contribution in [0.25, 0.3) is 0 Å². The number of amides is 1. The third kappa shape index (κ3) is 2.40. The molecule has 0 saturated carbocycles. The molecule has 0 aliphatic carbocycles. The number of piperidine rings is 1. The summed E-state index contributed by atoms with van der Waals surface area (Å²) in [4.78, 5) is 28.2. The Morgan fingerprint density at radius 1 is 1.50 bits per heavy atom. The summed E-state index contributed by atoms with van der Waals surface area (Å²) in [5.74, 6) is -0.105. The fourth-order valence-electron chi connectivity index (χ4n) is 1.77. The highest BCUT2D eigenvalue weighted by Crippen LogP contribution is 2.22. The quantitative estimate of drug-likeness (QED) is 0.470. The predicted molar refractivity (Wildman–Crippen MR) is 68.1 cm³/mol. The number of nitrogens with zero attached hydrogens (tertiary/aromatic N) is 2. The molecule has 16 heavy (non-hydrogen) atoms. The van der Waals surface area contributed by atoms with E-state index < -0.39 is 0 Å². The van der Waals surface area contributed by atoms with Crippen molar-refractivity contribution >= 4 is 40.5 Å². The van der Waals surface area contributed by atoms with Crippen LogP contribution in [0, 0.1) is 9.62 Å². The fourth-order valence-corrected chi connectivity index (χ4v) is 2.09. The maximum Gasteiger partial charge on any atom is 0.227 e. The van der Waals surface area contributed by atoms with E-state index >= 15 is 0 Å². The summed E-state index contributed by atoms with van der Waals surface area (Å²) in [6.07, 6.45) is 3.62. The standard InChI is InChI=1S/C11H11IN2O2/c12-10-2-1-9(6-13-10)14-4-3-8(7-15)5-11(14)16/h1-2,6-8H,3-5H2/t8-/m0/s1. The van der Waals surface area contributed by atoms with E-state index in [0.717, 1.165) is 22.1 Å². The second kappa shape index (κ2) is 4.90. The van der Waals surface area contributed by atoms with Crippen molar-refractivity contribution in [3.05, 3.63) is 22.0 Å². The van der Waals surface area contributed by atoms with Crippen molar-refractivity contribution < 1.29 is 9.59 Å². The zero-order valence-corrected chi connectivity index (χ0v) is 10.8. The molecule has 84 valence electrons. The molecule has 1 aliphatic heterocycles. The highest BCUT2D eigenvalue weighted by atomic mass is 127. The summed E-state index contributed by atoms with van der Waals surface area (Å²) in [5.41, 5.74) is 0.815. The molecule has 1 fully saturated rings. The number of carbonyl (C=O) groups is 2. The molecule has 0 aromatic carbocycles. The Balaban J connectivity index is 2.14. The van der Waals surface area contributed by atoms with Crippen molar-refractivity contribution in [2.24, 2.45) is 5.92 Å². The van der Waals surface area contributed by atoms with Gasteiger partial charge in [-0.25, -0.2) is 4.98 Å². The second-order valence-corrected chi connectivity index (χ2v) is 4.88. The van der Waals surface area contributed by atoms with Crippen LogP contribution in [0.1, 0.15) is 12.8 Å². The van der Waals surface area contributed by atoms with Gasteiger partial charge in [0, 0.05) is 18.9 Å². The third-order valence-electron chi connectivity index (χ3n) is 2.68. The van der Waals surface area contributed by atoms with E-state index in [2.05, 4.69) is 27.6 Å². The lowest BCUT2D eigenvalue weighted by Crippen LogP contribution is -2.39. The number of pyridine rings is 1. The maximum atomic E-state index is 11.8. The summed E-state index contributed by atoms with van der Waals surface area (Å²) in [6.45, 7) is 0.602. The Hall–Kier alpha value is -0.980. The van der Waals surface area contributed by atoms with Gasteiger partial charge in [-0.05, 0) is 41.1 Å². The molecule has 1 aliphatic rings. The van der Waals surface area contributed by atoms with E-state index in [1.54, 1.807) is 11.1 Å². The van der Waals surface area contributed by atoms with Crippen LogP contribution in [-0.4, -0.2) is 23.7 Å².